The summed E-state index contributed by atoms with van der Waals surface area (Å²) in [4.78, 5) is 50.2. The van der Waals surface area contributed by atoms with Crippen molar-refractivity contribution in [3.8, 4) is 5.69 Å². The molecule has 0 unspecified atom stereocenters. The molecule has 0 radical (unpaired) electrons. The summed E-state index contributed by atoms with van der Waals surface area (Å²) in [5.74, 6) is -2.03. The van der Waals surface area contributed by atoms with Crippen LogP contribution in [-0.2, 0) is 9.59 Å². The number of aryl methyl sites for hydroxylation is 1. The fraction of sp³-hybridized carbons (Fsp3) is 0.0833. The number of halogens is 1. The highest BCUT2D eigenvalue weighted by Crippen LogP contribution is 2.26. The summed E-state index contributed by atoms with van der Waals surface area (Å²) in [7, 11) is 0. The predicted molar refractivity (Wildman–Crippen MR) is 124 cm³/mol. The first-order valence-corrected chi connectivity index (χ1v) is 10.3. The van der Waals surface area contributed by atoms with Crippen molar-refractivity contribution in [2.75, 3.05) is 4.90 Å². The van der Waals surface area contributed by atoms with Crippen LogP contribution < -0.4 is 16.0 Å². The van der Waals surface area contributed by atoms with Crippen molar-refractivity contribution in [1.82, 2.24) is 9.88 Å². The van der Waals surface area contributed by atoms with Gasteiger partial charge in [-0.3, -0.25) is 19.7 Å². The summed E-state index contributed by atoms with van der Waals surface area (Å²) >= 11 is 5.90. The minimum absolute atomic E-state index is 0.172. The molecule has 0 bridgehead atoms. The number of aromatic nitrogens is 1. The smallest absolute Gasteiger partial charge is 0.335 e. The Bertz CT molecular complexity index is 1340. The second kappa shape index (κ2) is 8.40. The molecule has 33 heavy (non-hydrogen) atoms. The van der Waals surface area contributed by atoms with E-state index in [-0.39, 0.29) is 5.57 Å². The molecular formula is C24H19ClN4O4. The number of nitrogens with two attached hydrogens (primary N) is 1. The van der Waals surface area contributed by atoms with Crippen LogP contribution in [-0.4, -0.2) is 28.3 Å². The molecule has 1 fully saturated rings. The quantitative estimate of drug-likeness (QED) is 0.456. The number of barbiturate groups is 1. The number of primary amides is 1. The van der Waals surface area contributed by atoms with Gasteiger partial charge in [0.15, 0.2) is 0 Å². The first-order valence-electron chi connectivity index (χ1n) is 9.93. The molecule has 8 nitrogen and oxygen atoms in total. The van der Waals surface area contributed by atoms with Crippen molar-refractivity contribution in [3.05, 3.63) is 87.7 Å². The van der Waals surface area contributed by atoms with Crippen LogP contribution in [0.3, 0.4) is 0 Å². The van der Waals surface area contributed by atoms with E-state index in [0.717, 1.165) is 22.0 Å². The summed E-state index contributed by atoms with van der Waals surface area (Å²) in [5.41, 5.74) is 8.85. The molecule has 0 aliphatic carbocycles. The lowest BCUT2D eigenvalue weighted by molar-refractivity contribution is -0.122. The number of benzene rings is 2. The van der Waals surface area contributed by atoms with E-state index in [4.69, 9.17) is 17.3 Å². The average Bonchev–Trinajstić information content (AvgIpc) is 3.05. The van der Waals surface area contributed by atoms with E-state index in [1.807, 2.05) is 24.5 Å². The van der Waals surface area contributed by atoms with Crippen molar-refractivity contribution in [3.63, 3.8) is 0 Å². The monoisotopic (exact) mass is 462 g/mol. The van der Waals surface area contributed by atoms with Crippen LogP contribution in [0.2, 0.25) is 5.02 Å². The number of hydrogen-bond acceptors (Lipinski definition) is 4. The molecule has 1 aliphatic rings. The number of nitrogens with one attached hydrogen (secondary N) is 1. The van der Waals surface area contributed by atoms with E-state index in [0.29, 0.717) is 21.8 Å². The third-order valence-corrected chi connectivity index (χ3v) is 5.62. The zero-order valence-corrected chi connectivity index (χ0v) is 18.5. The lowest BCUT2D eigenvalue weighted by Crippen LogP contribution is -2.54. The number of nitrogens with zero attached hydrogens (tertiary/aromatic N) is 2. The van der Waals surface area contributed by atoms with Gasteiger partial charge in [0, 0.05) is 27.7 Å². The Hall–Kier alpha value is -4.17. The Morgan fingerprint density at radius 2 is 1.58 bits per heavy atom. The molecule has 1 aliphatic heterocycles. The normalized spacial score (nSPS) is 15.2. The maximum absolute atomic E-state index is 13.1. The number of carbonyl (C=O) groups excluding carboxylic acids is 4. The number of anilines is 1. The van der Waals surface area contributed by atoms with Gasteiger partial charge >= 0.3 is 6.03 Å². The highest BCUT2D eigenvalue weighted by Gasteiger charge is 2.37. The van der Waals surface area contributed by atoms with Crippen LogP contribution in [0.1, 0.15) is 27.3 Å². The third kappa shape index (κ3) is 4.04. The highest BCUT2D eigenvalue weighted by molar-refractivity contribution is 6.39. The standard InChI is InChI=1S/C24H19ClN4O4/c1-13-11-16(14(2)28(13)18-7-3-15(4-8-18)21(26)30)12-20-22(31)27-24(33)29(23(20)32)19-9-5-17(25)6-10-19/h3-12H,1-2H3,(H2,26,30)(H,27,31,33)/b20-12+. The Morgan fingerprint density at radius 3 is 2.18 bits per heavy atom. The van der Waals surface area contributed by atoms with Gasteiger partial charge in [-0.25, -0.2) is 9.69 Å². The molecule has 1 aromatic heterocycles. The van der Waals surface area contributed by atoms with Gasteiger partial charge in [-0.15, -0.1) is 0 Å². The first-order chi connectivity index (χ1) is 15.7. The van der Waals surface area contributed by atoms with Crippen molar-refractivity contribution in [2.24, 2.45) is 5.73 Å². The van der Waals surface area contributed by atoms with Crippen molar-refractivity contribution >= 4 is 47.1 Å². The Morgan fingerprint density at radius 1 is 0.970 bits per heavy atom. The maximum atomic E-state index is 13.1. The minimum atomic E-state index is -0.829. The van der Waals surface area contributed by atoms with Crippen LogP contribution in [0, 0.1) is 13.8 Å². The van der Waals surface area contributed by atoms with Gasteiger partial charge in [0.05, 0.1) is 5.69 Å². The van der Waals surface area contributed by atoms with Crippen LogP contribution in [0.5, 0.6) is 0 Å². The molecule has 0 spiro atoms. The molecular weight excluding hydrogens is 444 g/mol. The SMILES string of the molecule is Cc1cc(/C=C2\C(=O)NC(=O)N(c3ccc(Cl)cc3)C2=O)c(C)n1-c1ccc(C(N)=O)cc1. The van der Waals surface area contributed by atoms with Gasteiger partial charge in [-0.05, 0) is 80.1 Å². The molecule has 5 amide bonds. The molecule has 9 heteroatoms. The maximum Gasteiger partial charge on any atom is 0.335 e. The van der Waals surface area contributed by atoms with Crippen molar-refractivity contribution in [1.29, 1.82) is 0 Å². The van der Waals surface area contributed by atoms with Gasteiger partial charge in [-0.1, -0.05) is 11.6 Å². The summed E-state index contributed by atoms with van der Waals surface area (Å²) in [6, 6.07) is 13.9. The summed E-state index contributed by atoms with van der Waals surface area (Å²) in [6.45, 7) is 3.72. The predicted octanol–water partition coefficient (Wildman–Crippen LogP) is 3.51. The topological polar surface area (TPSA) is 114 Å². The van der Waals surface area contributed by atoms with E-state index in [1.54, 1.807) is 36.4 Å². The van der Waals surface area contributed by atoms with Gasteiger partial charge < -0.3 is 10.3 Å². The Balaban J connectivity index is 1.73. The minimum Gasteiger partial charge on any atom is -0.366 e. The zero-order chi connectivity index (χ0) is 23.9. The summed E-state index contributed by atoms with van der Waals surface area (Å²) < 4.78 is 1.92. The highest BCUT2D eigenvalue weighted by atomic mass is 35.5. The molecule has 166 valence electrons. The number of imide groups is 2. The first kappa shape index (κ1) is 22.0. The average molecular weight is 463 g/mol. The Kier molecular flexibility index (Phi) is 5.61. The molecule has 3 N–H and O–H groups in total. The molecule has 2 aromatic carbocycles. The van der Waals surface area contributed by atoms with Crippen LogP contribution in [0.25, 0.3) is 11.8 Å². The van der Waals surface area contributed by atoms with E-state index in [9.17, 15) is 19.2 Å². The van der Waals surface area contributed by atoms with E-state index in [1.165, 1.54) is 18.2 Å². The summed E-state index contributed by atoms with van der Waals surface area (Å²) in [6.07, 6.45) is 1.46. The Labute approximate surface area is 194 Å². The number of hydrogen-bond donors (Lipinski definition) is 2. The van der Waals surface area contributed by atoms with Crippen LogP contribution in [0.4, 0.5) is 10.5 Å². The third-order valence-electron chi connectivity index (χ3n) is 5.37. The zero-order valence-electron chi connectivity index (χ0n) is 17.8. The molecule has 4 rings (SSSR count). The largest absolute Gasteiger partial charge is 0.366 e. The molecule has 3 aromatic rings. The number of urea groups is 1. The fourth-order valence-corrected chi connectivity index (χ4v) is 3.87. The van der Waals surface area contributed by atoms with Gasteiger partial charge in [0.1, 0.15) is 5.57 Å². The molecule has 0 saturated carbocycles. The number of carbonyl (C=O) groups is 4. The molecule has 1 saturated heterocycles. The summed E-state index contributed by atoms with van der Waals surface area (Å²) in [5, 5.41) is 2.66. The fourth-order valence-electron chi connectivity index (χ4n) is 3.74. The van der Waals surface area contributed by atoms with Gasteiger partial charge in [-0.2, -0.15) is 0 Å². The van der Waals surface area contributed by atoms with Crippen LogP contribution >= 0.6 is 11.6 Å². The van der Waals surface area contributed by atoms with Crippen molar-refractivity contribution < 1.29 is 19.2 Å². The number of rotatable bonds is 4. The van der Waals surface area contributed by atoms with Gasteiger partial charge in [0.25, 0.3) is 11.8 Å². The van der Waals surface area contributed by atoms with E-state index < -0.39 is 23.8 Å². The number of amides is 5. The van der Waals surface area contributed by atoms with Crippen LogP contribution in [0.15, 0.2) is 60.2 Å². The lowest BCUT2D eigenvalue weighted by Gasteiger charge is -2.26. The van der Waals surface area contributed by atoms with Gasteiger partial charge in [0.2, 0.25) is 5.91 Å². The van der Waals surface area contributed by atoms with E-state index in [2.05, 4.69) is 5.32 Å². The molecule has 0 atom stereocenters. The van der Waals surface area contributed by atoms with Crippen molar-refractivity contribution in [2.45, 2.75) is 13.8 Å². The van der Waals surface area contributed by atoms with E-state index >= 15 is 0 Å². The second-order valence-electron chi connectivity index (χ2n) is 7.51. The second-order valence-corrected chi connectivity index (χ2v) is 7.94. The lowest BCUT2D eigenvalue weighted by atomic mass is 10.1. The molecule has 2 heterocycles.